The van der Waals surface area contributed by atoms with Gasteiger partial charge in [0.05, 0.1) is 5.41 Å². The molecular formula is C18H26N2O. The fourth-order valence-electron chi connectivity index (χ4n) is 3.51. The molecule has 1 saturated heterocycles. The van der Waals surface area contributed by atoms with E-state index >= 15 is 0 Å². The van der Waals surface area contributed by atoms with Crippen molar-refractivity contribution < 1.29 is 4.79 Å². The summed E-state index contributed by atoms with van der Waals surface area (Å²) in [6.07, 6.45) is 4.41. The molecule has 2 N–H and O–H groups in total. The molecule has 1 atom stereocenters. The Morgan fingerprint density at radius 2 is 1.95 bits per heavy atom. The predicted octanol–water partition coefficient (Wildman–Crippen LogP) is 2.61. The molecule has 0 aromatic heterocycles. The van der Waals surface area contributed by atoms with Crippen molar-refractivity contribution in [2.24, 2.45) is 5.41 Å². The Labute approximate surface area is 127 Å². The smallest absolute Gasteiger partial charge is 0.230 e. The van der Waals surface area contributed by atoms with E-state index in [0.29, 0.717) is 6.04 Å². The van der Waals surface area contributed by atoms with Crippen molar-refractivity contribution in [3.8, 4) is 0 Å². The van der Waals surface area contributed by atoms with Crippen LogP contribution in [-0.4, -0.2) is 25.0 Å². The number of carbonyl (C=O) groups is 1. The highest BCUT2D eigenvalue weighted by atomic mass is 16.2. The van der Waals surface area contributed by atoms with Crippen LogP contribution in [0, 0.1) is 5.41 Å². The summed E-state index contributed by atoms with van der Waals surface area (Å²) in [5.41, 5.74) is 1.17. The van der Waals surface area contributed by atoms with E-state index in [0.717, 1.165) is 25.9 Å². The third-order valence-corrected chi connectivity index (χ3v) is 5.31. The van der Waals surface area contributed by atoms with Gasteiger partial charge in [0.2, 0.25) is 5.91 Å². The number of carbonyl (C=O) groups excluding carboxylic acids is 1. The van der Waals surface area contributed by atoms with Gasteiger partial charge in [-0.15, -0.1) is 0 Å². The van der Waals surface area contributed by atoms with Crippen LogP contribution in [0.25, 0.3) is 0 Å². The molecule has 1 heterocycles. The molecule has 2 aliphatic rings. The minimum absolute atomic E-state index is 0.205. The molecule has 1 aliphatic carbocycles. The molecule has 21 heavy (non-hydrogen) atoms. The number of nitrogens with one attached hydrogen (secondary N) is 2. The normalized spacial score (nSPS) is 26.1. The average molecular weight is 286 g/mol. The maximum absolute atomic E-state index is 12.6. The summed E-state index contributed by atoms with van der Waals surface area (Å²) in [7, 11) is 0. The zero-order valence-corrected chi connectivity index (χ0v) is 13.1. The molecule has 1 aromatic rings. The molecule has 3 nitrogen and oxygen atoms in total. The Kier molecular flexibility index (Phi) is 3.78. The van der Waals surface area contributed by atoms with Gasteiger partial charge in [-0.05, 0) is 43.2 Å². The van der Waals surface area contributed by atoms with Gasteiger partial charge in [0, 0.05) is 12.6 Å². The molecule has 1 aromatic carbocycles. The Balaban J connectivity index is 1.62. The maximum Gasteiger partial charge on any atom is 0.230 e. The van der Waals surface area contributed by atoms with Gasteiger partial charge in [-0.1, -0.05) is 44.2 Å². The van der Waals surface area contributed by atoms with Gasteiger partial charge in [0.1, 0.15) is 0 Å². The van der Waals surface area contributed by atoms with Crippen molar-refractivity contribution in [2.45, 2.75) is 51.0 Å². The number of hydrogen-bond donors (Lipinski definition) is 2. The van der Waals surface area contributed by atoms with Crippen molar-refractivity contribution in [1.82, 2.24) is 10.6 Å². The second-order valence-corrected chi connectivity index (χ2v) is 7.26. The van der Waals surface area contributed by atoms with Gasteiger partial charge in [-0.2, -0.15) is 0 Å². The highest BCUT2D eigenvalue weighted by Crippen LogP contribution is 2.48. The molecular weight excluding hydrogens is 260 g/mol. The summed E-state index contributed by atoms with van der Waals surface area (Å²) in [4.78, 5) is 12.6. The summed E-state index contributed by atoms with van der Waals surface area (Å²) in [6, 6.07) is 10.6. The first-order valence-corrected chi connectivity index (χ1v) is 8.12. The summed E-state index contributed by atoms with van der Waals surface area (Å²) in [5, 5.41) is 6.77. The molecule has 1 unspecified atom stereocenters. The van der Waals surface area contributed by atoms with Crippen LogP contribution >= 0.6 is 0 Å². The van der Waals surface area contributed by atoms with Gasteiger partial charge in [-0.3, -0.25) is 4.79 Å². The zero-order chi connectivity index (χ0) is 14.9. The Bertz CT molecular complexity index is 505. The molecule has 0 spiro atoms. The molecule has 0 bridgehead atoms. The van der Waals surface area contributed by atoms with E-state index in [1.165, 1.54) is 18.4 Å². The first kappa shape index (κ1) is 14.6. The number of amides is 1. The molecule has 114 valence electrons. The highest BCUT2D eigenvalue weighted by molar-refractivity contribution is 5.91. The third kappa shape index (κ3) is 2.84. The zero-order valence-electron chi connectivity index (χ0n) is 13.1. The second kappa shape index (κ2) is 5.45. The van der Waals surface area contributed by atoms with Crippen LogP contribution in [0.4, 0.5) is 0 Å². The van der Waals surface area contributed by atoms with Crippen LogP contribution in [0.5, 0.6) is 0 Å². The van der Waals surface area contributed by atoms with Gasteiger partial charge in [0.25, 0.3) is 0 Å². The summed E-state index contributed by atoms with van der Waals surface area (Å²) >= 11 is 0. The molecule has 3 heteroatoms. The molecule has 1 amide bonds. The summed E-state index contributed by atoms with van der Waals surface area (Å²) in [6.45, 7) is 6.38. The van der Waals surface area contributed by atoms with Crippen molar-refractivity contribution in [1.29, 1.82) is 0 Å². The first-order valence-electron chi connectivity index (χ1n) is 8.12. The minimum atomic E-state index is -0.250. The topological polar surface area (TPSA) is 41.1 Å². The quantitative estimate of drug-likeness (QED) is 0.893. The van der Waals surface area contributed by atoms with E-state index in [1.54, 1.807) is 0 Å². The lowest BCUT2D eigenvalue weighted by Crippen LogP contribution is -2.53. The van der Waals surface area contributed by atoms with E-state index in [2.05, 4.69) is 36.6 Å². The monoisotopic (exact) mass is 286 g/mol. The lowest BCUT2D eigenvalue weighted by atomic mass is 9.77. The van der Waals surface area contributed by atoms with Crippen LogP contribution in [-0.2, 0) is 10.2 Å². The number of rotatable bonds is 4. The fraction of sp³-hybridized carbons (Fsp3) is 0.611. The predicted molar refractivity (Wildman–Crippen MR) is 85.2 cm³/mol. The standard InChI is InChI=1S/C18H26N2O/c1-17(2)9-6-12-19-15(17)13-20-16(21)18(10-11-18)14-7-4-3-5-8-14/h3-5,7-8,15,19H,6,9-13H2,1-2H3,(H,20,21). The average Bonchev–Trinajstić information content (AvgIpc) is 3.28. The lowest BCUT2D eigenvalue weighted by molar-refractivity contribution is -0.123. The van der Waals surface area contributed by atoms with Crippen molar-refractivity contribution in [3.05, 3.63) is 35.9 Å². The Hall–Kier alpha value is -1.35. The molecule has 0 radical (unpaired) electrons. The van der Waals surface area contributed by atoms with Gasteiger partial charge >= 0.3 is 0 Å². The largest absolute Gasteiger partial charge is 0.354 e. The summed E-state index contributed by atoms with van der Waals surface area (Å²) in [5.74, 6) is 0.205. The second-order valence-electron chi connectivity index (χ2n) is 7.26. The number of benzene rings is 1. The molecule has 1 aliphatic heterocycles. The third-order valence-electron chi connectivity index (χ3n) is 5.31. The van der Waals surface area contributed by atoms with Crippen LogP contribution < -0.4 is 10.6 Å². The molecule has 2 fully saturated rings. The van der Waals surface area contributed by atoms with E-state index in [4.69, 9.17) is 0 Å². The van der Waals surface area contributed by atoms with Crippen LogP contribution in [0.3, 0.4) is 0 Å². The Morgan fingerprint density at radius 1 is 1.24 bits per heavy atom. The van der Waals surface area contributed by atoms with E-state index in [1.807, 2.05) is 18.2 Å². The SMILES string of the molecule is CC1(C)CCCNC1CNC(=O)C1(c2ccccc2)CC1. The summed E-state index contributed by atoms with van der Waals surface area (Å²) < 4.78 is 0. The number of piperidine rings is 1. The number of hydrogen-bond acceptors (Lipinski definition) is 2. The minimum Gasteiger partial charge on any atom is -0.354 e. The van der Waals surface area contributed by atoms with Gasteiger partial charge in [-0.25, -0.2) is 0 Å². The fourth-order valence-corrected chi connectivity index (χ4v) is 3.51. The van der Waals surface area contributed by atoms with E-state index in [-0.39, 0.29) is 16.7 Å². The van der Waals surface area contributed by atoms with E-state index in [9.17, 15) is 4.79 Å². The van der Waals surface area contributed by atoms with Crippen LogP contribution in [0.15, 0.2) is 30.3 Å². The highest BCUT2D eigenvalue weighted by Gasteiger charge is 2.51. The Morgan fingerprint density at radius 3 is 2.57 bits per heavy atom. The van der Waals surface area contributed by atoms with Gasteiger partial charge < -0.3 is 10.6 Å². The maximum atomic E-state index is 12.6. The van der Waals surface area contributed by atoms with Crippen LogP contribution in [0.1, 0.15) is 45.1 Å². The van der Waals surface area contributed by atoms with Gasteiger partial charge in [0.15, 0.2) is 0 Å². The van der Waals surface area contributed by atoms with Crippen molar-refractivity contribution in [2.75, 3.05) is 13.1 Å². The lowest BCUT2D eigenvalue weighted by Gasteiger charge is -2.39. The van der Waals surface area contributed by atoms with Crippen molar-refractivity contribution in [3.63, 3.8) is 0 Å². The van der Waals surface area contributed by atoms with Crippen molar-refractivity contribution >= 4 is 5.91 Å². The molecule has 3 rings (SSSR count). The van der Waals surface area contributed by atoms with Crippen LogP contribution in [0.2, 0.25) is 0 Å². The molecule has 1 saturated carbocycles. The van der Waals surface area contributed by atoms with E-state index < -0.39 is 0 Å². The first-order chi connectivity index (χ1) is 10.0.